The number of amides is 1. The highest BCUT2D eigenvalue weighted by Gasteiger charge is 2.30. The van der Waals surface area contributed by atoms with Crippen LogP contribution in [0.5, 0.6) is 0 Å². The summed E-state index contributed by atoms with van der Waals surface area (Å²) >= 11 is 0. The molecule has 0 aliphatic heterocycles. The first-order chi connectivity index (χ1) is 35.9. The Morgan fingerprint density at radius 1 is 0.486 bits per heavy atom. The molecule has 2 N–H and O–H groups in total. The Bertz CT molecular complexity index is 1500. The lowest BCUT2D eigenvalue weighted by Gasteiger charge is -2.27. The van der Waals surface area contributed by atoms with Gasteiger partial charge in [0.25, 0.3) is 0 Å². The largest absolute Gasteiger partial charge is 0.472 e. The molecule has 3 unspecified atom stereocenters. The Labute approximate surface area is 457 Å². The molecule has 0 radical (unpaired) electrons. The predicted molar refractivity (Wildman–Crippen MR) is 318 cm³/mol. The van der Waals surface area contributed by atoms with E-state index in [0.717, 1.165) is 103 Å². The predicted octanol–water partition coefficient (Wildman–Crippen LogP) is 18.8. The summed E-state index contributed by atoms with van der Waals surface area (Å²) in [6, 6.07) is -0.854. The van der Waals surface area contributed by atoms with E-state index in [0.29, 0.717) is 17.4 Å². The van der Waals surface area contributed by atoms with E-state index in [-0.39, 0.29) is 31.5 Å². The zero-order valence-electron chi connectivity index (χ0n) is 49.1. The number of likely N-dealkylation sites (N-methyl/N-ethyl adjacent to an activating group) is 1. The molecule has 0 aromatic rings. The van der Waals surface area contributed by atoms with Gasteiger partial charge in [0.05, 0.1) is 33.8 Å². The third kappa shape index (κ3) is 54.2. The molecule has 0 bridgehead atoms. The van der Waals surface area contributed by atoms with E-state index in [9.17, 15) is 19.0 Å². The van der Waals surface area contributed by atoms with E-state index in [4.69, 9.17) is 13.8 Å². The van der Waals surface area contributed by atoms with E-state index in [2.05, 4.69) is 86.8 Å². The minimum absolute atomic E-state index is 0.0366. The number of nitrogens with zero attached hydrogens (tertiary/aromatic N) is 1. The fourth-order valence-corrected chi connectivity index (χ4v) is 9.41. The Balaban J connectivity index is 5.22. The van der Waals surface area contributed by atoms with Crippen LogP contribution in [0.2, 0.25) is 0 Å². The smallest absolute Gasteiger partial charge is 0.456 e. The molecule has 0 spiro atoms. The van der Waals surface area contributed by atoms with E-state index < -0.39 is 20.0 Å². The highest BCUT2D eigenvalue weighted by Crippen LogP contribution is 2.43. The number of unbranched alkanes of at least 4 members (excludes halogenated alkanes) is 29. The molecule has 430 valence electrons. The molecule has 10 heteroatoms. The molecule has 0 rings (SSSR count). The van der Waals surface area contributed by atoms with E-state index in [1.807, 2.05) is 33.3 Å². The van der Waals surface area contributed by atoms with Crippen molar-refractivity contribution in [2.24, 2.45) is 0 Å². The number of hydrogen-bond acceptors (Lipinski definition) is 6. The minimum atomic E-state index is -4.45. The van der Waals surface area contributed by atoms with E-state index >= 15 is 0 Å². The summed E-state index contributed by atoms with van der Waals surface area (Å²) in [4.78, 5) is 37.7. The number of carbonyl (C=O) groups excluding carboxylic acids is 2. The zero-order valence-corrected chi connectivity index (χ0v) is 50.0. The van der Waals surface area contributed by atoms with Gasteiger partial charge in [-0.15, -0.1) is 0 Å². The maximum atomic E-state index is 13.5. The number of carbonyl (C=O) groups is 2. The molecule has 0 aliphatic rings. The summed E-state index contributed by atoms with van der Waals surface area (Å²) in [5.41, 5.74) is 0. The maximum Gasteiger partial charge on any atom is 0.472 e. The van der Waals surface area contributed by atoms with Crippen LogP contribution < -0.4 is 5.32 Å². The average molecular weight is 1060 g/mol. The number of hydrogen-bond donors (Lipinski definition) is 2. The van der Waals surface area contributed by atoms with Gasteiger partial charge in [-0.05, 0) is 76.7 Å². The van der Waals surface area contributed by atoms with Gasteiger partial charge in [0.1, 0.15) is 19.3 Å². The van der Waals surface area contributed by atoms with E-state index in [1.54, 1.807) is 0 Å². The summed E-state index contributed by atoms with van der Waals surface area (Å²) < 4.78 is 30.7. The Kier molecular flexibility index (Phi) is 52.0. The van der Waals surface area contributed by atoms with Crippen molar-refractivity contribution in [1.29, 1.82) is 0 Å². The second kappa shape index (κ2) is 53.8. The molecular formula is C64H118N2O7P+. The summed E-state index contributed by atoms with van der Waals surface area (Å²) in [7, 11) is 1.49. The first-order valence-corrected chi connectivity index (χ1v) is 32.3. The molecule has 0 aromatic carbocycles. The number of phosphoric acid groups is 1. The summed E-state index contributed by atoms with van der Waals surface area (Å²) in [5.74, 6) is -0.514. The van der Waals surface area contributed by atoms with Gasteiger partial charge < -0.3 is 19.4 Å². The van der Waals surface area contributed by atoms with E-state index in [1.165, 1.54) is 135 Å². The van der Waals surface area contributed by atoms with Crippen LogP contribution in [-0.4, -0.2) is 74.3 Å². The van der Waals surface area contributed by atoms with Crippen molar-refractivity contribution >= 4 is 19.7 Å². The van der Waals surface area contributed by atoms with Gasteiger partial charge in [0.15, 0.2) is 0 Å². The standard InChI is InChI=1S/C64H117N2O7P/c1-7-10-13-16-19-22-25-28-29-30-31-32-33-34-35-36-37-39-41-44-47-50-53-56-63(67)65-61(60-72-74(69,70)71-59-58-66(4,5)6)62(55-52-49-46-43-40-27-24-21-18-15-12-9-3)73-64(68)57-54-51-48-45-42-38-26-23-20-17-14-11-8-2/h10,13,19,22,28-29,31-32,34-35,52,55,61-62H,7-9,11-12,14-18,20-21,23-27,30,33,36-51,53-54,56-60H2,1-6H3,(H-,65,67,69,70)/p+1/b13-10-,22-19-,29-28-,32-31-,35-34-,55-52-. The second-order valence-corrected chi connectivity index (χ2v) is 23.3. The van der Waals surface area contributed by atoms with Crippen LogP contribution in [0.3, 0.4) is 0 Å². The van der Waals surface area contributed by atoms with Crippen molar-refractivity contribution in [3.63, 3.8) is 0 Å². The van der Waals surface area contributed by atoms with Gasteiger partial charge in [0, 0.05) is 12.8 Å². The van der Waals surface area contributed by atoms with Crippen molar-refractivity contribution < 1.29 is 37.3 Å². The number of ether oxygens (including phenoxy) is 1. The third-order valence-corrected chi connectivity index (χ3v) is 14.4. The fourth-order valence-electron chi connectivity index (χ4n) is 8.67. The number of allylic oxidation sites excluding steroid dienone is 11. The summed E-state index contributed by atoms with van der Waals surface area (Å²) in [6.07, 6.45) is 68.9. The molecule has 0 aliphatic carbocycles. The third-order valence-electron chi connectivity index (χ3n) is 13.4. The lowest BCUT2D eigenvalue weighted by molar-refractivity contribution is -0.870. The second-order valence-electron chi connectivity index (χ2n) is 21.9. The van der Waals surface area contributed by atoms with Crippen LogP contribution in [-0.2, 0) is 27.9 Å². The zero-order chi connectivity index (χ0) is 54.3. The van der Waals surface area contributed by atoms with Gasteiger partial charge in [-0.3, -0.25) is 18.6 Å². The van der Waals surface area contributed by atoms with Gasteiger partial charge >= 0.3 is 13.8 Å². The first-order valence-electron chi connectivity index (χ1n) is 30.8. The highest BCUT2D eigenvalue weighted by molar-refractivity contribution is 7.47. The van der Waals surface area contributed by atoms with Crippen LogP contribution in [0.15, 0.2) is 72.9 Å². The Morgan fingerprint density at radius 2 is 0.865 bits per heavy atom. The minimum Gasteiger partial charge on any atom is -0.456 e. The molecule has 9 nitrogen and oxygen atoms in total. The molecule has 0 saturated heterocycles. The van der Waals surface area contributed by atoms with Crippen LogP contribution in [0.25, 0.3) is 0 Å². The Morgan fingerprint density at radius 3 is 1.30 bits per heavy atom. The van der Waals surface area contributed by atoms with Gasteiger partial charge in [0.2, 0.25) is 5.91 Å². The maximum absolute atomic E-state index is 13.5. The molecule has 0 aromatic heterocycles. The highest BCUT2D eigenvalue weighted by atomic mass is 31.2. The van der Waals surface area contributed by atoms with Crippen molar-refractivity contribution in [1.82, 2.24) is 5.32 Å². The lowest BCUT2D eigenvalue weighted by Crippen LogP contribution is -2.47. The lowest BCUT2D eigenvalue weighted by atomic mass is 10.0. The molecule has 74 heavy (non-hydrogen) atoms. The average Bonchev–Trinajstić information content (AvgIpc) is 3.36. The van der Waals surface area contributed by atoms with Gasteiger partial charge in [-0.2, -0.15) is 0 Å². The van der Waals surface area contributed by atoms with Crippen LogP contribution >= 0.6 is 7.82 Å². The first kappa shape index (κ1) is 71.5. The van der Waals surface area contributed by atoms with Gasteiger partial charge in [-0.25, -0.2) is 4.57 Å². The summed E-state index contributed by atoms with van der Waals surface area (Å²) in [6.45, 7) is 6.90. The SMILES string of the molecule is CC/C=C\C/C=C\C/C=C\C/C=C\C/C=C\CCCCCCCCCC(=O)NC(COP(=O)(O)OCC[N+](C)(C)C)C(/C=C\CCCCCCCCCCCC)OC(=O)CCCCCCCCCCCCCCC. The number of esters is 1. The van der Waals surface area contributed by atoms with Crippen molar-refractivity contribution in [3.05, 3.63) is 72.9 Å². The fraction of sp³-hybridized carbons (Fsp3) is 0.781. The monoisotopic (exact) mass is 1060 g/mol. The molecular weight excluding hydrogens is 940 g/mol. The van der Waals surface area contributed by atoms with Crippen LogP contribution in [0.1, 0.15) is 271 Å². The number of nitrogens with one attached hydrogen (secondary N) is 1. The van der Waals surface area contributed by atoms with Gasteiger partial charge in [-0.1, -0.05) is 255 Å². The van der Waals surface area contributed by atoms with Crippen molar-refractivity contribution in [3.8, 4) is 0 Å². The van der Waals surface area contributed by atoms with Crippen LogP contribution in [0, 0.1) is 0 Å². The Hall–Kier alpha value is -2.55. The topological polar surface area (TPSA) is 111 Å². The molecule has 0 heterocycles. The number of phosphoric ester groups is 1. The van der Waals surface area contributed by atoms with Crippen LogP contribution in [0.4, 0.5) is 0 Å². The van der Waals surface area contributed by atoms with Crippen molar-refractivity contribution in [2.75, 3.05) is 40.9 Å². The molecule has 1 amide bonds. The summed E-state index contributed by atoms with van der Waals surface area (Å²) in [5, 5.41) is 3.05. The van der Waals surface area contributed by atoms with Crippen molar-refractivity contribution in [2.45, 2.75) is 283 Å². The molecule has 0 saturated carbocycles. The molecule has 3 atom stereocenters. The quantitative estimate of drug-likeness (QED) is 0.0205. The molecule has 0 fully saturated rings. The number of quaternary nitrogens is 1. The number of rotatable bonds is 55. The normalized spacial score (nSPS) is 14.2.